The van der Waals surface area contributed by atoms with E-state index in [-0.39, 0.29) is 5.91 Å². The third kappa shape index (κ3) is 2.98. The fourth-order valence-corrected chi connectivity index (χ4v) is 2.73. The van der Waals surface area contributed by atoms with E-state index in [1.807, 2.05) is 53.1 Å². The van der Waals surface area contributed by atoms with Gasteiger partial charge in [-0.15, -0.1) is 0 Å². The van der Waals surface area contributed by atoms with Crippen molar-refractivity contribution in [3.8, 4) is 22.5 Å². The number of carbonyl (C=O) groups is 1. The van der Waals surface area contributed by atoms with Crippen LogP contribution < -0.4 is 11.1 Å². The Labute approximate surface area is 149 Å². The molecule has 0 aliphatic heterocycles. The van der Waals surface area contributed by atoms with Crippen LogP contribution in [0.25, 0.3) is 28.2 Å². The molecular formula is C19H16N6O. The van der Waals surface area contributed by atoms with Crippen LogP contribution in [0.5, 0.6) is 0 Å². The number of imidazole rings is 1. The Morgan fingerprint density at radius 1 is 1.04 bits per heavy atom. The van der Waals surface area contributed by atoms with E-state index >= 15 is 0 Å². The molecule has 7 nitrogen and oxygen atoms in total. The topological polar surface area (TPSA) is 98.2 Å². The molecule has 128 valence electrons. The van der Waals surface area contributed by atoms with Gasteiger partial charge in [0.1, 0.15) is 17.2 Å². The number of hydrogen-bond acceptors (Lipinski definition) is 5. The predicted molar refractivity (Wildman–Crippen MR) is 100 cm³/mol. The number of fused-ring (bicyclic) bond motifs is 1. The highest BCUT2D eigenvalue weighted by molar-refractivity contribution is 5.88. The molecule has 0 fully saturated rings. The molecule has 26 heavy (non-hydrogen) atoms. The normalized spacial score (nSPS) is 10.8. The Morgan fingerprint density at radius 2 is 1.85 bits per heavy atom. The maximum absolute atomic E-state index is 11.2. The average molecular weight is 344 g/mol. The van der Waals surface area contributed by atoms with Crippen molar-refractivity contribution < 1.29 is 4.79 Å². The molecule has 3 heterocycles. The number of hydrogen-bond donors (Lipinski definition) is 2. The first-order valence-corrected chi connectivity index (χ1v) is 8.05. The van der Waals surface area contributed by atoms with Crippen molar-refractivity contribution in [2.45, 2.75) is 6.92 Å². The van der Waals surface area contributed by atoms with Crippen molar-refractivity contribution in [3.63, 3.8) is 0 Å². The zero-order chi connectivity index (χ0) is 18.1. The molecule has 0 spiro atoms. The quantitative estimate of drug-likeness (QED) is 0.595. The van der Waals surface area contributed by atoms with E-state index in [9.17, 15) is 4.79 Å². The summed E-state index contributed by atoms with van der Waals surface area (Å²) in [6.07, 6.45) is 5.29. The Bertz CT molecular complexity index is 1100. The maximum Gasteiger partial charge on any atom is 0.222 e. The van der Waals surface area contributed by atoms with Crippen molar-refractivity contribution in [1.29, 1.82) is 0 Å². The first-order valence-electron chi connectivity index (χ1n) is 8.05. The van der Waals surface area contributed by atoms with Crippen molar-refractivity contribution in [2.24, 2.45) is 0 Å². The van der Waals surface area contributed by atoms with Crippen LogP contribution in [0.1, 0.15) is 6.92 Å². The van der Waals surface area contributed by atoms with E-state index in [2.05, 4.69) is 20.3 Å². The first-order chi connectivity index (χ1) is 12.6. The molecule has 0 aliphatic rings. The van der Waals surface area contributed by atoms with Crippen molar-refractivity contribution in [1.82, 2.24) is 19.4 Å². The molecule has 4 aromatic rings. The lowest BCUT2D eigenvalue weighted by atomic mass is 10.1. The van der Waals surface area contributed by atoms with Crippen molar-refractivity contribution in [2.75, 3.05) is 11.1 Å². The number of nitrogens with zero attached hydrogens (tertiary/aromatic N) is 4. The number of amides is 1. The number of benzene rings is 1. The largest absolute Gasteiger partial charge is 0.382 e. The molecule has 0 atom stereocenters. The fourth-order valence-electron chi connectivity index (χ4n) is 2.73. The second-order valence-electron chi connectivity index (χ2n) is 5.85. The minimum Gasteiger partial charge on any atom is -0.382 e. The Morgan fingerprint density at radius 3 is 2.62 bits per heavy atom. The summed E-state index contributed by atoms with van der Waals surface area (Å²) in [7, 11) is 0. The molecule has 0 radical (unpaired) electrons. The van der Waals surface area contributed by atoms with E-state index in [0.29, 0.717) is 23.0 Å². The molecule has 0 unspecified atom stereocenters. The first kappa shape index (κ1) is 15.8. The van der Waals surface area contributed by atoms with Crippen LogP contribution in [0.15, 0.2) is 61.1 Å². The molecule has 0 saturated carbocycles. The number of nitrogens with two attached hydrogens (primary N) is 1. The Hall–Kier alpha value is -3.74. The lowest BCUT2D eigenvalue weighted by Gasteiger charge is -2.07. The third-order valence-corrected chi connectivity index (χ3v) is 3.90. The summed E-state index contributed by atoms with van der Waals surface area (Å²) in [6, 6.07) is 13.5. The van der Waals surface area contributed by atoms with Crippen LogP contribution in [-0.2, 0) is 4.79 Å². The van der Waals surface area contributed by atoms with Gasteiger partial charge in [-0.2, -0.15) is 0 Å². The SMILES string of the molecule is CC(=O)Nc1cn2cc(-c3cnc(N)c(-c4ccccc4)n3)ccc2n1. The number of rotatable bonds is 3. The average Bonchev–Trinajstić information content (AvgIpc) is 3.03. The number of pyridine rings is 1. The second-order valence-corrected chi connectivity index (χ2v) is 5.85. The molecular weight excluding hydrogens is 328 g/mol. The molecule has 1 aromatic carbocycles. The van der Waals surface area contributed by atoms with Crippen LogP contribution in [0.4, 0.5) is 11.6 Å². The highest BCUT2D eigenvalue weighted by atomic mass is 16.1. The summed E-state index contributed by atoms with van der Waals surface area (Å²) < 4.78 is 1.83. The van der Waals surface area contributed by atoms with E-state index in [1.54, 1.807) is 12.4 Å². The van der Waals surface area contributed by atoms with Gasteiger partial charge >= 0.3 is 0 Å². The van der Waals surface area contributed by atoms with Gasteiger partial charge in [-0.25, -0.2) is 15.0 Å². The third-order valence-electron chi connectivity index (χ3n) is 3.90. The van der Waals surface area contributed by atoms with Gasteiger partial charge in [0.25, 0.3) is 0 Å². The fraction of sp³-hybridized carbons (Fsp3) is 0.0526. The second kappa shape index (κ2) is 6.29. The van der Waals surface area contributed by atoms with E-state index < -0.39 is 0 Å². The minimum absolute atomic E-state index is 0.162. The van der Waals surface area contributed by atoms with Crippen LogP contribution in [0, 0.1) is 0 Å². The van der Waals surface area contributed by atoms with Gasteiger partial charge in [-0.05, 0) is 12.1 Å². The molecule has 1 amide bonds. The number of carbonyl (C=O) groups excluding carboxylic acids is 1. The lowest BCUT2D eigenvalue weighted by Crippen LogP contribution is -2.05. The van der Waals surface area contributed by atoms with E-state index in [0.717, 1.165) is 16.8 Å². The number of aromatic nitrogens is 4. The van der Waals surface area contributed by atoms with Crippen LogP contribution >= 0.6 is 0 Å². The summed E-state index contributed by atoms with van der Waals surface area (Å²) in [5, 5.41) is 2.68. The van der Waals surface area contributed by atoms with Gasteiger partial charge in [0.05, 0.1) is 18.1 Å². The smallest absolute Gasteiger partial charge is 0.222 e. The van der Waals surface area contributed by atoms with Gasteiger partial charge in [0.2, 0.25) is 5.91 Å². The van der Waals surface area contributed by atoms with Gasteiger partial charge < -0.3 is 15.5 Å². The molecule has 0 bridgehead atoms. The Kier molecular flexibility index (Phi) is 3.81. The molecule has 0 saturated heterocycles. The number of nitrogen functional groups attached to an aromatic ring is 1. The summed E-state index contributed by atoms with van der Waals surface area (Å²) in [6.45, 7) is 1.45. The predicted octanol–water partition coefficient (Wildman–Crippen LogP) is 3.00. The van der Waals surface area contributed by atoms with Crippen LogP contribution in [0.3, 0.4) is 0 Å². The van der Waals surface area contributed by atoms with Crippen LogP contribution in [-0.4, -0.2) is 25.3 Å². The minimum atomic E-state index is -0.162. The lowest BCUT2D eigenvalue weighted by molar-refractivity contribution is -0.114. The zero-order valence-corrected chi connectivity index (χ0v) is 14.0. The highest BCUT2D eigenvalue weighted by Crippen LogP contribution is 2.26. The van der Waals surface area contributed by atoms with Crippen LogP contribution in [0.2, 0.25) is 0 Å². The number of anilines is 2. The Balaban J connectivity index is 1.76. The highest BCUT2D eigenvalue weighted by Gasteiger charge is 2.10. The van der Waals surface area contributed by atoms with Gasteiger partial charge in [0.15, 0.2) is 5.82 Å². The number of nitrogens with one attached hydrogen (secondary N) is 1. The van der Waals surface area contributed by atoms with Gasteiger partial charge in [-0.1, -0.05) is 30.3 Å². The summed E-state index contributed by atoms with van der Waals surface area (Å²) in [4.78, 5) is 24.5. The molecule has 7 heteroatoms. The van der Waals surface area contributed by atoms with Crippen molar-refractivity contribution >= 4 is 23.2 Å². The summed E-state index contributed by atoms with van der Waals surface area (Å²) in [5.41, 5.74) is 9.87. The standard InChI is InChI=1S/C19H16N6O/c1-12(26)22-16-11-25-10-14(7-8-17(25)24-16)15-9-21-19(20)18(23-15)13-5-3-2-4-6-13/h2-11H,1H3,(H2,20,21)(H,22,26). The maximum atomic E-state index is 11.2. The van der Waals surface area contributed by atoms with E-state index in [1.165, 1.54) is 6.92 Å². The summed E-state index contributed by atoms with van der Waals surface area (Å²) >= 11 is 0. The van der Waals surface area contributed by atoms with Crippen molar-refractivity contribution in [3.05, 3.63) is 61.1 Å². The van der Waals surface area contributed by atoms with Gasteiger partial charge in [0, 0.05) is 24.2 Å². The van der Waals surface area contributed by atoms with E-state index in [4.69, 9.17) is 5.73 Å². The monoisotopic (exact) mass is 344 g/mol. The zero-order valence-electron chi connectivity index (χ0n) is 14.0. The molecule has 3 aromatic heterocycles. The molecule has 0 aliphatic carbocycles. The summed E-state index contributed by atoms with van der Waals surface area (Å²) in [5.74, 6) is 0.727. The van der Waals surface area contributed by atoms with Gasteiger partial charge in [-0.3, -0.25) is 4.79 Å². The molecule has 4 rings (SSSR count). The molecule has 3 N–H and O–H groups in total.